The standard InChI is InChI=1S/C19H19N3/c1-13-6-5-11-22-16(12-20)17(21-18(13)22)14-7-9-15(10-8-14)19(2,3)4/h5-11H,1-4H3. The summed E-state index contributed by atoms with van der Waals surface area (Å²) in [5.74, 6) is 0. The van der Waals surface area contributed by atoms with Crippen LogP contribution in [0.15, 0.2) is 42.6 Å². The zero-order chi connectivity index (χ0) is 15.9. The Balaban J connectivity index is 2.18. The molecule has 2 aromatic heterocycles. The van der Waals surface area contributed by atoms with Gasteiger partial charge < -0.3 is 0 Å². The maximum Gasteiger partial charge on any atom is 0.152 e. The number of pyridine rings is 1. The molecule has 3 nitrogen and oxygen atoms in total. The Morgan fingerprint density at radius 1 is 1.09 bits per heavy atom. The Hall–Kier alpha value is -2.60. The lowest BCUT2D eigenvalue weighted by molar-refractivity contribution is 0.590. The largest absolute Gasteiger partial charge is 0.291 e. The maximum atomic E-state index is 9.53. The number of benzene rings is 1. The van der Waals surface area contributed by atoms with Crippen molar-refractivity contribution in [2.24, 2.45) is 0 Å². The van der Waals surface area contributed by atoms with Crippen molar-refractivity contribution in [3.05, 3.63) is 59.4 Å². The first-order valence-corrected chi connectivity index (χ1v) is 7.40. The zero-order valence-corrected chi connectivity index (χ0v) is 13.4. The Morgan fingerprint density at radius 2 is 1.77 bits per heavy atom. The SMILES string of the molecule is Cc1cccn2c(C#N)c(-c3ccc(C(C)(C)C)cc3)nc12. The van der Waals surface area contributed by atoms with E-state index in [4.69, 9.17) is 0 Å². The molecule has 0 atom stereocenters. The first-order chi connectivity index (χ1) is 10.4. The summed E-state index contributed by atoms with van der Waals surface area (Å²) in [6.45, 7) is 8.58. The molecular weight excluding hydrogens is 270 g/mol. The summed E-state index contributed by atoms with van der Waals surface area (Å²) < 4.78 is 1.86. The van der Waals surface area contributed by atoms with Crippen LogP contribution in [0, 0.1) is 18.3 Å². The molecule has 0 radical (unpaired) electrons. The molecule has 3 heteroatoms. The Morgan fingerprint density at radius 3 is 2.36 bits per heavy atom. The highest BCUT2D eigenvalue weighted by molar-refractivity contribution is 5.71. The fraction of sp³-hybridized carbons (Fsp3) is 0.263. The molecule has 0 amide bonds. The van der Waals surface area contributed by atoms with Gasteiger partial charge in [0.2, 0.25) is 0 Å². The van der Waals surface area contributed by atoms with Gasteiger partial charge in [-0.05, 0) is 29.5 Å². The molecule has 0 fully saturated rings. The maximum absolute atomic E-state index is 9.53. The van der Waals surface area contributed by atoms with Crippen LogP contribution in [-0.4, -0.2) is 9.38 Å². The molecule has 0 saturated carbocycles. The molecule has 3 aromatic rings. The smallest absolute Gasteiger partial charge is 0.152 e. The number of imidazole rings is 1. The number of fused-ring (bicyclic) bond motifs is 1. The van der Waals surface area contributed by atoms with Crippen molar-refractivity contribution in [1.29, 1.82) is 5.26 Å². The van der Waals surface area contributed by atoms with Crippen LogP contribution in [-0.2, 0) is 5.41 Å². The molecule has 2 heterocycles. The van der Waals surface area contributed by atoms with Crippen molar-refractivity contribution in [3.63, 3.8) is 0 Å². The fourth-order valence-electron chi connectivity index (χ4n) is 2.64. The molecule has 3 rings (SSSR count). The quantitative estimate of drug-likeness (QED) is 0.662. The van der Waals surface area contributed by atoms with E-state index in [9.17, 15) is 5.26 Å². The molecule has 0 aliphatic carbocycles. The molecule has 0 unspecified atom stereocenters. The lowest BCUT2D eigenvalue weighted by Gasteiger charge is -2.18. The Bertz CT molecular complexity index is 872. The third-order valence-electron chi connectivity index (χ3n) is 3.98. The van der Waals surface area contributed by atoms with Crippen LogP contribution >= 0.6 is 0 Å². The van der Waals surface area contributed by atoms with Crippen molar-refractivity contribution < 1.29 is 0 Å². The van der Waals surface area contributed by atoms with Crippen LogP contribution in [0.25, 0.3) is 16.9 Å². The molecule has 0 saturated heterocycles. The second kappa shape index (κ2) is 4.99. The van der Waals surface area contributed by atoms with Crippen molar-refractivity contribution in [2.75, 3.05) is 0 Å². The third kappa shape index (κ3) is 2.27. The number of aromatic nitrogens is 2. The number of aryl methyl sites for hydroxylation is 1. The molecular formula is C19H19N3. The highest BCUT2D eigenvalue weighted by atomic mass is 15.0. The number of hydrogen-bond acceptors (Lipinski definition) is 2. The van der Waals surface area contributed by atoms with Gasteiger partial charge in [0, 0.05) is 11.8 Å². The number of nitriles is 1. The average Bonchev–Trinajstić information content (AvgIpc) is 2.86. The van der Waals surface area contributed by atoms with E-state index in [0.717, 1.165) is 22.5 Å². The van der Waals surface area contributed by atoms with Gasteiger partial charge in [0.1, 0.15) is 17.4 Å². The van der Waals surface area contributed by atoms with Gasteiger partial charge in [0.05, 0.1) is 0 Å². The van der Waals surface area contributed by atoms with Gasteiger partial charge in [-0.15, -0.1) is 0 Å². The summed E-state index contributed by atoms with van der Waals surface area (Å²) in [5, 5.41) is 9.53. The van der Waals surface area contributed by atoms with E-state index in [1.165, 1.54) is 5.56 Å². The van der Waals surface area contributed by atoms with E-state index in [-0.39, 0.29) is 5.41 Å². The van der Waals surface area contributed by atoms with Gasteiger partial charge in [-0.1, -0.05) is 51.1 Å². The second-order valence-corrected chi connectivity index (χ2v) is 6.63. The first-order valence-electron chi connectivity index (χ1n) is 7.40. The van der Waals surface area contributed by atoms with E-state index >= 15 is 0 Å². The van der Waals surface area contributed by atoms with Crippen molar-refractivity contribution in [2.45, 2.75) is 33.1 Å². The Kier molecular flexibility index (Phi) is 3.26. The van der Waals surface area contributed by atoms with Gasteiger partial charge in [-0.25, -0.2) is 4.98 Å². The highest BCUT2D eigenvalue weighted by Crippen LogP contribution is 2.28. The lowest BCUT2D eigenvalue weighted by Crippen LogP contribution is -2.10. The van der Waals surface area contributed by atoms with E-state index < -0.39 is 0 Å². The van der Waals surface area contributed by atoms with Gasteiger partial charge in [0.15, 0.2) is 5.69 Å². The van der Waals surface area contributed by atoms with Crippen LogP contribution in [0.5, 0.6) is 0 Å². The molecule has 0 aliphatic rings. The van der Waals surface area contributed by atoms with Crippen LogP contribution in [0.1, 0.15) is 37.6 Å². The van der Waals surface area contributed by atoms with E-state index in [1.807, 2.05) is 29.7 Å². The van der Waals surface area contributed by atoms with Crippen molar-refractivity contribution in [3.8, 4) is 17.3 Å². The molecule has 0 spiro atoms. The highest BCUT2D eigenvalue weighted by Gasteiger charge is 2.17. The molecule has 0 bridgehead atoms. The van der Waals surface area contributed by atoms with Crippen LogP contribution in [0.3, 0.4) is 0 Å². The minimum atomic E-state index is 0.117. The summed E-state index contributed by atoms with van der Waals surface area (Å²) in [7, 11) is 0. The predicted molar refractivity (Wildman–Crippen MR) is 88.8 cm³/mol. The monoisotopic (exact) mass is 289 g/mol. The normalized spacial score (nSPS) is 11.6. The summed E-state index contributed by atoms with van der Waals surface area (Å²) in [6, 6.07) is 14.6. The van der Waals surface area contributed by atoms with Crippen LogP contribution in [0.2, 0.25) is 0 Å². The second-order valence-electron chi connectivity index (χ2n) is 6.63. The topological polar surface area (TPSA) is 41.1 Å². The van der Waals surface area contributed by atoms with Gasteiger partial charge in [0.25, 0.3) is 0 Å². The minimum absolute atomic E-state index is 0.117. The summed E-state index contributed by atoms with van der Waals surface area (Å²) in [5.41, 5.74) is 5.61. The van der Waals surface area contributed by atoms with Gasteiger partial charge in [-0.3, -0.25) is 4.40 Å². The van der Waals surface area contributed by atoms with E-state index in [2.05, 4.69) is 56.1 Å². The van der Waals surface area contributed by atoms with E-state index in [0.29, 0.717) is 5.69 Å². The fourth-order valence-corrected chi connectivity index (χ4v) is 2.64. The summed E-state index contributed by atoms with van der Waals surface area (Å²) in [6.07, 6.45) is 1.89. The zero-order valence-electron chi connectivity index (χ0n) is 13.4. The van der Waals surface area contributed by atoms with Gasteiger partial charge in [-0.2, -0.15) is 5.26 Å². The minimum Gasteiger partial charge on any atom is -0.291 e. The summed E-state index contributed by atoms with van der Waals surface area (Å²) >= 11 is 0. The van der Waals surface area contributed by atoms with Crippen LogP contribution < -0.4 is 0 Å². The van der Waals surface area contributed by atoms with Crippen LogP contribution in [0.4, 0.5) is 0 Å². The first kappa shape index (κ1) is 14.3. The summed E-state index contributed by atoms with van der Waals surface area (Å²) in [4.78, 5) is 4.69. The Labute approximate surface area is 130 Å². The van der Waals surface area contributed by atoms with Gasteiger partial charge >= 0.3 is 0 Å². The lowest BCUT2D eigenvalue weighted by atomic mass is 9.86. The average molecular weight is 289 g/mol. The third-order valence-corrected chi connectivity index (χ3v) is 3.98. The molecule has 1 aromatic carbocycles. The van der Waals surface area contributed by atoms with E-state index in [1.54, 1.807) is 0 Å². The van der Waals surface area contributed by atoms with Crippen molar-refractivity contribution in [1.82, 2.24) is 9.38 Å². The predicted octanol–water partition coefficient (Wildman–Crippen LogP) is 4.48. The number of rotatable bonds is 1. The number of hydrogen-bond donors (Lipinski definition) is 0. The molecule has 22 heavy (non-hydrogen) atoms. The van der Waals surface area contributed by atoms with Crippen molar-refractivity contribution >= 4 is 5.65 Å². The molecule has 0 aliphatic heterocycles. The molecule has 110 valence electrons. The molecule has 0 N–H and O–H groups in total. The number of nitrogens with zero attached hydrogens (tertiary/aromatic N) is 3.